The van der Waals surface area contributed by atoms with Crippen LogP contribution < -0.4 is 5.73 Å². The second kappa shape index (κ2) is 5.79. The third kappa shape index (κ3) is 2.75. The molecule has 21 heavy (non-hydrogen) atoms. The Balaban J connectivity index is 1.92. The van der Waals surface area contributed by atoms with Gasteiger partial charge in [0.1, 0.15) is 6.04 Å². The first-order chi connectivity index (χ1) is 10.2. The van der Waals surface area contributed by atoms with Gasteiger partial charge in [-0.25, -0.2) is 0 Å². The number of amides is 1. The van der Waals surface area contributed by atoms with Gasteiger partial charge in [-0.15, -0.1) is 0 Å². The first kappa shape index (κ1) is 14.0. The molecule has 2 N–H and O–H groups in total. The Bertz CT molecular complexity index is 654. The number of para-hydroxylation sites is 1. The average molecular weight is 285 g/mol. The zero-order chi connectivity index (χ0) is 14.8. The van der Waals surface area contributed by atoms with E-state index in [4.69, 9.17) is 10.5 Å². The molecule has 1 saturated heterocycles. The predicted octanol–water partition coefficient (Wildman–Crippen LogP) is 1.31. The minimum absolute atomic E-state index is 0.181. The summed E-state index contributed by atoms with van der Waals surface area (Å²) in [4.78, 5) is 18.3. The highest BCUT2D eigenvalue weighted by atomic mass is 16.5. The maximum absolute atomic E-state index is 11.7. The summed E-state index contributed by atoms with van der Waals surface area (Å²) in [6.45, 7) is 3.85. The van der Waals surface area contributed by atoms with E-state index in [0.29, 0.717) is 19.7 Å². The van der Waals surface area contributed by atoms with Crippen LogP contribution in [-0.2, 0) is 16.1 Å². The maximum atomic E-state index is 11.7. The molecule has 1 aliphatic rings. The number of hydrogen-bond acceptors (Lipinski definition) is 4. The fourth-order valence-electron chi connectivity index (χ4n) is 2.99. The zero-order valence-electron chi connectivity index (χ0n) is 12.0. The minimum atomic E-state index is -0.391. The van der Waals surface area contributed by atoms with Crippen LogP contribution >= 0.6 is 0 Å². The van der Waals surface area contributed by atoms with E-state index in [1.165, 1.54) is 0 Å². The molecule has 0 bridgehead atoms. The molecule has 0 unspecified atom stereocenters. The van der Waals surface area contributed by atoms with Gasteiger partial charge in [0.15, 0.2) is 0 Å². The van der Waals surface area contributed by atoms with Gasteiger partial charge in [0, 0.05) is 24.7 Å². The number of aromatic nitrogens is 1. The number of morpholine rings is 1. The third-order valence-corrected chi connectivity index (χ3v) is 3.98. The Hall–Kier alpha value is -1.98. The summed E-state index contributed by atoms with van der Waals surface area (Å²) in [6, 6.07) is 9.68. The zero-order valence-corrected chi connectivity index (χ0v) is 12.0. The molecular formula is C16H19N3O2. The van der Waals surface area contributed by atoms with Gasteiger partial charge in [-0.2, -0.15) is 0 Å². The molecule has 1 amide bonds. The summed E-state index contributed by atoms with van der Waals surface area (Å²) in [6.07, 6.45) is 1.61. The van der Waals surface area contributed by atoms with Crippen molar-refractivity contribution in [1.82, 2.24) is 9.88 Å². The van der Waals surface area contributed by atoms with E-state index in [9.17, 15) is 4.79 Å². The summed E-state index contributed by atoms with van der Waals surface area (Å²) >= 11 is 0. The largest absolute Gasteiger partial charge is 0.375 e. The van der Waals surface area contributed by atoms with E-state index in [-0.39, 0.29) is 12.0 Å². The number of fused-ring (bicyclic) bond motifs is 1. The van der Waals surface area contributed by atoms with Gasteiger partial charge in [0.05, 0.1) is 18.2 Å². The molecule has 110 valence electrons. The second-order valence-corrected chi connectivity index (χ2v) is 5.39. The van der Waals surface area contributed by atoms with Crippen molar-refractivity contribution in [1.29, 1.82) is 0 Å². The fraction of sp³-hybridized carbons (Fsp3) is 0.375. The van der Waals surface area contributed by atoms with Crippen LogP contribution in [0.1, 0.15) is 12.5 Å². The number of benzene rings is 1. The van der Waals surface area contributed by atoms with Crippen molar-refractivity contribution in [2.24, 2.45) is 5.73 Å². The monoisotopic (exact) mass is 285 g/mol. The lowest BCUT2D eigenvalue weighted by atomic mass is 10.0. The van der Waals surface area contributed by atoms with Crippen molar-refractivity contribution >= 4 is 16.8 Å². The third-order valence-electron chi connectivity index (χ3n) is 3.98. The Morgan fingerprint density at radius 1 is 1.43 bits per heavy atom. The van der Waals surface area contributed by atoms with Crippen LogP contribution in [0.5, 0.6) is 0 Å². The molecule has 0 radical (unpaired) electrons. The molecular weight excluding hydrogens is 266 g/mol. The van der Waals surface area contributed by atoms with E-state index in [0.717, 1.165) is 16.5 Å². The van der Waals surface area contributed by atoms with Crippen molar-refractivity contribution in [3.05, 3.63) is 42.1 Å². The first-order valence-electron chi connectivity index (χ1n) is 7.14. The number of ether oxygens (including phenoxy) is 1. The molecule has 1 aliphatic heterocycles. The number of rotatable bonds is 3. The first-order valence-corrected chi connectivity index (χ1v) is 7.14. The van der Waals surface area contributed by atoms with Gasteiger partial charge in [0.2, 0.25) is 5.91 Å². The van der Waals surface area contributed by atoms with Crippen molar-refractivity contribution in [2.75, 3.05) is 13.2 Å². The van der Waals surface area contributed by atoms with Crippen LogP contribution in [0.2, 0.25) is 0 Å². The predicted molar refractivity (Wildman–Crippen MR) is 80.5 cm³/mol. The molecule has 2 aromatic rings. The van der Waals surface area contributed by atoms with Crippen molar-refractivity contribution < 1.29 is 9.53 Å². The number of carbonyl (C=O) groups excluding carboxylic acids is 1. The number of nitrogens with zero attached hydrogens (tertiary/aromatic N) is 2. The summed E-state index contributed by atoms with van der Waals surface area (Å²) in [5.74, 6) is -0.338. The molecule has 0 saturated carbocycles. The van der Waals surface area contributed by atoms with E-state index >= 15 is 0 Å². The Labute approximate surface area is 123 Å². The lowest BCUT2D eigenvalue weighted by Crippen LogP contribution is -2.56. The second-order valence-electron chi connectivity index (χ2n) is 5.39. The number of pyridine rings is 1. The quantitative estimate of drug-likeness (QED) is 0.923. The molecule has 1 aromatic heterocycles. The lowest BCUT2D eigenvalue weighted by Gasteiger charge is -2.38. The smallest absolute Gasteiger partial charge is 0.237 e. The summed E-state index contributed by atoms with van der Waals surface area (Å²) in [5, 5.41) is 1.10. The Morgan fingerprint density at radius 3 is 3.05 bits per heavy atom. The summed E-state index contributed by atoms with van der Waals surface area (Å²) < 4.78 is 5.55. The number of carbonyl (C=O) groups is 1. The Morgan fingerprint density at radius 2 is 2.24 bits per heavy atom. The van der Waals surface area contributed by atoms with Crippen LogP contribution in [0.25, 0.3) is 10.9 Å². The SMILES string of the molecule is C[C@H]1OCCN(Cc2cccc3cccnc23)[C@@H]1C(N)=O. The standard InChI is InChI=1S/C16H19N3O2/c1-11-15(16(17)20)19(8-9-21-11)10-13-5-2-4-12-6-3-7-18-14(12)13/h2-7,11,15H,8-10H2,1H3,(H2,17,20)/t11-,15+/m1/s1. The fourth-order valence-corrected chi connectivity index (χ4v) is 2.99. The molecule has 5 heteroatoms. The molecule has 0 spiro atoms. The van der Waals surface area contributed by atoms with Crippen LogP contribution in [0, 0.1) is 0 Å². The average Bonchev–Trinajstić information content (AvgIpc) is 2.47. The maximum Gasteiger partial charge on any atom is 0.237 e. The molecule has 2 atom stereocenters. The van der Waals surface area contributed by atoms with Crippen molar-refractivity contribution in [2.45, 2.75) is 25.6 Å². The number of hydrogen-bond donors (Lipinski definition) is 1. The van der Waals surface area contributed by atoms with E-state index in [1.54, 1.807) is 6.20 Å². The van der Waals surface area contributed by atoms with Crippen LogP contribution in [-0.4, -0.2) is 41.1 Å². The number of nitrogens with two attached hydrogens (primary N) is 1. The highest BCUT2D eigenvalue weighted by Crippen LogP contribution is 2.21. The van der Waals surface area contributed by atoms with Crippen LogP contribution in [0.4, 0.5) is 0 Å². The molecule has 1 fully saturated rings. The van der Waals surface area contributed by atoms with Gasteiger partial charge in [-0.05, 0) is 18.6 Å². The molecule has 0 aliphatic carbocycles. The number of primary amides is 1. The van der Waals surface area contributed by atoms with E-state index in [2.05, 4.69) is 9.88 Å². The normalized spacial score (nSPS) is 23.3. The van der Waals surface area contributed by atoms with Gasteiger partial charge in [0.25, 0.3) is 0 Å². The Kier molecular flexibility index (Phi) is 3.86. The van der Waals surface area contributed by atoms with Gasteiger partial charge in [-0.3, -0.25) is 14.7 Å². The van der Waals surface area contributed by atoms with Gasteiger partial charge < -0.3 is 10.5 Å². The van der Waals surface area contributed by atoms with Gasteiger partial charge >= 0.3 is 0 Å². The molecule has 5 nitrogen and oxygen atoms in total. The molecule has 2 heterocycles. The summed E-state index contributed by atoms with van der Waals surface area (Å²) in [5.41, 5.74) is 7.62. The molecule has 1 aromatic carbocycles. The van der Waals surface area contributed by atoms with Crippen molar-refractivity contribution in [3.8, 4) is 0 Å². The van der Waals surface area contributed by atoms with Crippen LogP contribution in [0.15, 0.2) is 36.5 Å². The van der Waals surface area contributed by atoms with Crippen molar-refractivity contribution in [3.63, 3.8) is 0 Å². The van der Waals surface area contributed by atoms with Gasteiger partial charge in [-0.1, -0.05) is 24.3 Å². The lowest BCUT2D eigenvalue weighted by molar-refractivity contribution is -0.136. The molecule has 3 rings (SSSR count). The van der Waals surface area contributed by atoms with E-state index < -0.39 is 6.04 Å². The highest BCUT2D eigenvalue weighted by Gasteiger charge is 2.33. The van der Waals surface area contributed by atoms with Crippen LogP contribution in [0.3, 0.4) is 0 Å². The van der Waals surface area contributed by atoms with E-state index in [1.807, 2.05) is 37.3 Å². The topological polar surface area (TPSA) is 68.4 Å². The highest BCUT2D eigenvalue weighted by molar-refractivity contribution is 5.82. The minimum Gasteiger partial charge on any atom is -0.375 e. The summed E-state index contributed by atoms with van der Waals surface area (Å²) in [7, 11) is 0.